The molecule has 0 saturated heterocycles. The van der Waals surface area contributed by atoms with Crippen molar-refractivity contribution >= 4 is 11.2 Å². The maximum absolute atomic E-state index is 5.52. The number of rotatable bonds is 5. The van der Waals surface area contributed by atoms with Gasteiger partial charge < -0.3 is 9.72 Å². The molecular formula is C21H18N6O. The summed E-state index contributed by atoms with van der Waals surface area (Å²) < 4.78 is 9.23. The Labute approximate surface area is 161 Å². The van der Waals surface area contributed by atoms with Crippen molar-refractivity contribution in [1.29, 1.82) is 0 Å². The molecule has 1 N–H and O–H groups in total. The van der Waals surface area contributed by atoms with Gasteiger partial charge in [0.05, 0.1) is 25.5 Å². The highest BCUT2D eigenvalue weighted by Gasteiger charge is 2.14. The van der Waals surface area contributed by atoms with Gasteiger partial charge in [0.15, 0.2) is 5.65 Å². The lowest BCUT2D eigenvalue weighted by Crippen LogP contribution is -2.02. The monoisotopic (exact) mass is 370 g/mol. The minimum Gasteiger partial charge on any atom is -0.496 e. The number of hydrogen-bond acceptors (Lipinski definition) is 4. The average molecular weight is 370 g/mol. The van der Waals surface area contributed by atoms with Gasteiger partial charge in [-0.05, 0) is 36.4 Å². The summed E-state index contributed by atoms with van der Waals surface area (Å²) in [5, 5.41) is 8.73. The summed E-state index contributed by atoms with van der Waals surface area (Å²) in [5.74, 6) is 1.62. The lowest BCUT2D eigenvalue weighted by molar-refractivity contribution is 0.407. The standard InChI is InChI=1S/C21H18N6O/c1-28-19-9-8-15(12-16(19)14-26-11-5-10-22-26)20-24-18-13-23-27(21(18)25-20)17-6-3-2-4-7-17/h2-13H,14H2,1H3,(H,24,25). The molecular weight excluding hydrogens is 352 g/mol. The fourth-order valence-corrected chi connectivity index (χ4v) is 3.31. The number of hydrogen-bond donors (Lipinski definition) is 1. The molecule has 0 amide bonds. The molecule has 3 aromatic heterocycles. The number of aromatic nitrogens is 6. The van der Waals surface area contributed by atoms with Crippen molar-refractivity contribution in [3.8, 4) is 22.8 Å². The highest BCUT2D eigenvalue weighted by Crippen LogP contribution is 2.28. The van der Waals surface area contributed by atoms with Gasteiger partial charge in [0.2, 0.25) is 0 Å². The Balaban J connectivity index is 1.56. The van der Waals surface area contributed by atoms with Crippen molar-refractivity contribution in [3.05, 3.63) is 78.8 Å². The van der Waals surface area contributed by atoms with Crippen LogP contribution in [0, 0.1) is 0 Å². The molecule has 5 rings (SSSR count). The lowest BCUT2D eigenvalue weighted by Gasteiger charge is -2.10. The Kier molecular flexibility index (Phi) is 3.90. The van der Waals surface area contributed by atoms with Gasteiger partial charge >= 0.3 is 0 Å². The van der Waals surface area contributed by atoms with Gasteiger partial charge in [0.25, 0.3) is 0 Å². The van der Waals surface area contributed by atoms with Crippen LogP contribution >= 0.6 is 0 Å². The molecule has 2 aromatic carbocycles. The molecule has 0 aliphatic rings. The number of ether oxygens (including phenoxy) is 1. The Morgan fingerprint density at radius 2 is 1.93 bits per heavy atom. The zero-order valence-electron chi connectivity index (χ0n) is 15.3. The fraction of sp³-hybridized carbons (Fsp3) is 0.0952. The molecule has 0 spiro atoms. The Morgan fingerprint density at radius 3 is 2.71 bits per heavy atom. The lowest BCUT2D eigenvalue weighted by atomic mass is 10.1. The molecule has 0 unspecified atom stereocenters. The number of H-pyrrole nitrogens is 1. The molecule has 0 atom stereocenters. The molecule has 7 heteroatoms. The van der Waals surface area contributed by atoms with E-state index in [2.05, 4.69) is 21.2 Å². The molecule has 0 aliphatic carbocycles. The van der Waals surface area contributed by atoms with Gasteiger partial charge in [0, 0.05) is 23.5 Å². The minimum absolute atomic E-state index is 0.627. The van der Waals surface area contributed by atoms with E-state index in [1.165, 1.54) is 0 Å². The second-order valence-electron chi connectivity index (χ2n) is 6.44. The highest BCUT2D eigenvalue weighted by molar-refractivity contribution is 5.77. The summed E-state index contributed by atoms with van der Waals surface area (Å²) in [6.45, 7) is 0.627. The molecule has 0 fully saturated rings. The molecule has 5 aromatic rings. The molecule has 0 saturated carbocycles. The third-order valence-corrected chi connectivity index (χ3v) is 4.66. The van der Waals surface area contributed by atoms with E-state index < -0.39 is 0 Å². The highest BCUT2D eigenvalue weighted by atomic mass is 16.5. The number of aromatic amines is 1. The number of para-hydroxylation sites is 1. The molecule has 7 nitrogen and oxygen atoms in total. The molecule has 0 radical (unpaired) electrons. The Hall–Kier alpha value is -3.87. The van der Waals surface area contributed by atoms with Crippen LogP contribution in [0.25, 0.3) is 28.2 Å². The van der Waals surface area contributed by atoms with Crippen LogP contribution in [-0.2, 0) is 6.54 Å². The number of methoxy groups -OCH3 is 1. The van der Waals surface area contributed by atoms with Crippen LogP contribution in [0.5, 0.6) is 5.75 Å². The van der Waals surface area contributed by atoms with Crippen molar-refractivity contribution < 1.29 is 4.74 Å². The first-order chi connectivity index (χ1) is 13.8. The largest absolute Gasteiger partial charge is 0.496 e. The van der Waals surface area contributed by atoms with Crippen molar-refractivity contribution in [1.82, 2.24) is 29.5 Å². The van der Waals surface area contributed by atoms with Crippen LogP contribution < -0.4 is 4.74 Å². The summed E-state index contributed by atoms with van der Waals surface area (Å²) >= 11 is 0. The number of benzene rings is 2. The molecule has 138 valence electrons. The maximum Gasteiger partial charge on any atom is 0.181 e. The number of fused-ring (bicyclic) bond motifs is 1. The minimum atomic E-state index is 0.627. The summed E-state index contributed by atoms with van der Waals surface area (Å²) in [6.07, 6.45) is 5.50. The van der Waals surface area contributed by atoms with Gasteiger partial charge in [-0.2, -0.15) is 10.2 Å². The number of nitrogens with zero attached hydrogens (tertiary/aromatic N) is 5. The quantitative estimate of drug-likeness (QED) is 0.512. The predicted molar refractivity (Wildman–Crippen MR) is 107 cm³/mol. The van der Waals surface area contributed by atoms with Crippen LogP contribution in [0.4, 0.5) is 0 Å². The average Bonchev–Trinajstić information content (AvgIpc) is 3.46. The number of imidazole rings is 1. The molecule has 0 bridgehead atoms. The SMILES string of the molecule is COc1ccc(-c2nc3c(cnn3-c3ccccc3)[nH]2)cc1Cn1cccn1. The van der Waals surface area contributed by atoms with E-state index in [1.807, 2.05) is 64.1 Å². The molecule has 3 heterocycles. The van der Waals surface area contributed by atoms with Crippen LogP contribution in [0.15, 0.2) is 73.2 Å². The molecule has 0 aliphatic heterocycles. The normalized spacial score (nSPS) is 11.2. The van der Waals surface area contributed by atoms with Gasteiger partial charge in [0.1, 0.15) is 17.1 Å². The Morgan fingerprint density at radius 1 is 1.04 bits per heavy atom. The zero-order chi connectivity index (χ0) is 18.9. The first-order valence-corrected chi connectivity index (χ1v) is 8.96. The van der Waals surface area contributed by atoms with Crippen LogP contribution in [-0.4, -0.2) is 36.6 Å². The smallest absolute Gasteiger partial charge is 0.181 e. The van der Waals surface area contributed by atoms with Crippen molar-refractivity contribution in [2.24, 2.45) is 0 Å². The molecule has 28 heavy (non-hydrogen) atoms. The van der Waals surface area contributed by atoms with E-state index in [0.29, 0.717) is 6.54 Å². The summed E-state index contributed by atoms with van der Waals surface area (Å²) in [4.78, 5) is 8.16. The zero-order valence-corrected chi connectivity index (χ0v) is 15.3. The van der Waals surface area contributed by atoms with Crippen LogP contribution in [0.1, 0.15) is 5.56 Å². The van der Waals surface area contributed by atoms with Crippen molar-refractivity contribution in [3.63, 3.8) is 0 Å². The fourth-order valence-electron chi connectivity index (χ4n) is 3.31. The van der Waals surface area contributed by atoms with E-state index in [1.54, 1.807) is 19.5 Å². The second-order valence-corrected chi connectivity index (χ2v) is 6.44. The third-order valence-electron chi connectivity index (χ3n) is 4.66. The first kappa shape index (κ1) is 16.3. The Bertz CT molecular complexity index is 1220. The van der Waals surface area contributed by atoms with Gasteiger partial charge in [-0.3, -0.25) is 4.68 Å². The van der Waals surface area contributed by atoms with E-state index >= 15 is 0 Å². The van der Waals surface area contributed by atoms with Crippen molar-refractivity contribution in [2.45, 2.75) is 6.54 Å². The van der Waals surface area contributed by atoms with Crippen LogP contribution in [0.2, 0.25) is 0 Å². The van der Waals surface area contributed by atoms with Gasteiger partial charge in [-0.15, -0.1) is 0 Å². The van der Waals surface area contributed by atoms with Crippen molar-refractivity contribution in [2.75, 3.05) is 7.11 Å². The topological polar surface area (TPSA) is 73.6 Å². The van der Waals surface area contributed by atoms with E-state index in [0.717, 1.165) is 39.6 Å². The first-order valence-electron chi connectivity index (χ1n) is 8.96. The van der Waals surface area contributed by atoms with E-state index in [4.69, 9.17) is 9.72 Å². The predicted octanol–water partition coefficient (Wildman–Crippen LogP) is 3.67. The summed E-state index contributed by atoms with van der Waals surface area (Å²) in [6, 6.07) is 17.9. The van der Waals surface area contributed by atoms with E-state index in [9.17, 15) is 0 Å². The van der Waals surface area contributed by atoms with Gasteiger partial charge in [-0.1, -0.05) is 18.2 Å². The third kappa shape index (κ3) is 2.83. The summed E-state index contributed by atoms with van der Waals surface area (Å²) in [5.41, 5.74) is 4.69. The second kappa shape index (κ2) is 6.70. The van der Waals surface area contributed by atoms with E-state index in [-0.39, 0.29) is 0 Å². The summed E-state index contributed by atoms with van der Waals surface area (Å²) in [7, 11) is 1.68. The van der Waals surface area contributed by atoms with Crippen LogP contribution in [0.3, 0.4) is 0 Å². The number of nitrogens with one attached hydrogen (secondary N) is 1. The van der Waals surface area contributed by atoms with Gasteiger partial charge in [-0.25, -0.2) is 9.67 Å². The maximum atomic E-state index is 5.52.